The summed E-state index contributed by atoms with van der Waals surface area (Å²) in [6, 6.07) is 10.3. The van der Waals surface area contributed by atoms with E-state index in [1.807, 2.05) is 29.2 Å². The molecule has 4 nitrogen and oxygen atoms in total. The molecule has 2 atom stereocenters. The third kappa shape index (κ3) is 3.56. The molecule has 0 bridgehead atoms. The van der Waals surface area contributed by atoms with E-state index in [9.17, 15) is 9.90 Å². The van der Waals surface area contributed by atoms with Gasteiger partial charge in [-0.1, -0.05) is 41.8 Å². The van der Waals surface area contributed by atoms with Gasteiger partial charge in [-0.15, -0.1) is 0 Å². The van der Waals surface area contributed by atoms with E-state index in [0.29, 0.717) is 23.0 Å². The van der Waals surface area contributed by atoms with Crippen LogP contribution >= 0.6 is 23.2 Å². The Morgan fingerprint density at radius 3 is 2.71 bits per heavy atom. The Hall–Kier alpha value is -1.62. The van der Waals surface area contributed by atoms with Gasteiger partial charge >= 0.3 is 5.97 Å². The Bertz CT molecular complexity index is 724. The van der Waals surface area contributed by atoms with E-state index in [2.05, 4.69) is 4.98 Å². The molecule has 1 aliphatic heterocycles. The zero-order chi connectivity index (χ0) is 17.1. The monoisotopic (exact) mass is 364 g/mol. The minimum absolute atomic E-state index is 0.262. The number of aromatic nitrogens is 1. The lowest BCUT2D eigenvalue weighted by Gasteiger charge is -2.39. The van der Waals surface area contributed by atoms with Crippen molar-refractivity contribution in [3.63, 3.8) is 0 Å². The summed E-state index contributed by atoms with van der Waals surface area (Å²) in [4.78, 5) is 18.2. The first-order valence-electron chi connectivity index (χ1n) is 7.92. The summed E-state index contributed by atoms with van der Waals surface area (Å²) >= 11 is 12.2. The summed E-state index contributed by atoms with van der Waals surface area (Å²) in [5.41, 5.74) is 1.71. The van der Waals surface area contributed by atoms with Crippen molar-refractivity contribution in [2.45, 2.75) is 31.3 Å². The van der Waals surface area contributed by atoms with E-state index < -0.39 is 12.0 Å². The Kier molecular flexibility index (Phi) is 5.39. The highest BCUT2D eigenvalue weighted by Crippen LogP contribution is 2.35. The van der Waals surface area contributed by atoms with Crippen LogP contribution in [0.3, 0.4) is 0 Å². The van der Waals surface area contributed by atoms with Crippen molar-refractivity contribution in [1.82, 2.24) is 9.88 Å². The molecule has 1 N–H and O–H groups in total. The number of benzene rings is 1. The van der Waals surface area contributed by atoms with Crippen molar-refractivity contribution in [3.8, 4) is 0 Å². The standard InChI is InChI=1S/C18H18Cl2N2O2/c19-13-8-7-12(11-14(13)20)17(15-5-1-3-9-21-15)22-10-4-2-6-16(22)18(23)24/h1,3,5,7-9,11,16-17H,2,4,6,10H2,(H,23,24). The molecule has 0 saturated carbocycles. The first-order valence-corrected chi connectivity index (χ1v) is 8.68. The zero-order valence-corrected chi connectivity index (χ0v) is 14.5. The van der Waals surface area contributed by atoms with Gasteiger partial charge in [-0.05, 0) is 49.2 Å². The van der Waals surface area contributed by atoms with Gasteiger partial charge in [0.15, 0.2) is 0 Å². The average Bonchev–Trinajstić information content (AvgIpc) is 2.59. The summed E-state index contributed by atoms with van der Waals surface area (Å²) < 4.78 is 0. The molecule has 1 aliphatic rings. The van der Waals surface area contributed by atoms with Crippen molar-refractivity contribution in [1.29, 1.82) is 0 Å². The van der Waals surface area contributed by atoms with Crippen molar-refractivity contribution in [3.05, 3.63) is 63.9 Å². The van der Waals surface area contributed by atoms with Gasteiger partial charge in [0.2, 0.25) is 0 Å². The molecule has 0 radical (unpaired) electrons. The first-order chi connectivity index (χ1) is 11.6. The molecule has 126 valence electrons. The zero-order valence-electron chi connectivity index (χ0n) is 13.0. The van der Waals surface area contributed by atoms with Crippen molar-refractivity contribution >= 4 is 29.2 Å². The third-order valence-electron chi connectivity index (χ3n) is 4.39. The smallest absolute Gasteiger partial charge is 0.320 e. The number of carboxylic acids is 1. The average molecular weight is 365 g/mol. The van der Waals surface area contributed by atoms with Crippen molar-refractivity contribution in [2.75, 3.05) is 6.54 Å². The fourth-order valence-electron chi connectivity index (χ4n) is 3.28. The predicted molar refractivity (Wildman–Crippen MR) is 94.5 cm³/mol. The van der Waals surface area contributed by atoms with Crippen molar-refractivity contribution in [2.24, 2.45) is 0 Å². The minimum Gasteiger partial charge on any atom is -0.480 e. The number of aliphatic carboxylic acids is 1. The van der Waals surface area contributed by atoms with Gasteiger partial charge in [0.25, 0.3) is 0 Å². The van der Waals surface area contributed by atoms with Gasteiger partial charge < -0.3 is 5.11 Å². The number of halogens is 2. The van der Waals surface area contributed by atoms with Crippen LogP contribution in [-0.2, 0) is 4.79 Å². The molecule has 0 aliphatic carbocycles. The van der Waals surface area contributed by atoms with Crippen LogP contribution in [0.15, 0.2) is 42.6 Å². The lowest BCUT2D eigenvalue weighted by atomic mass is 9.94. The normalized spacial score (nSPS) is 19.8. The molecule has 24 heavy (non-hydrogen) atoms. The van der Waals surface area contributed by atoms with E-state index >= 15 is 0 Å². The highest BCUT2D eigenvalue weighted by Gasteiger charge is 2.35. The molecule has 1 aromatic heterocycles. The van der Waals surface area contributed by atoms with Crippen LogP contribution in [0.5, 0.6) is 0 Å². The van der Waals surface area contributed by atoms with Crippen LogP contribution in [0, 0.1) is 0 Å². The molecule has 2 aromatic rings. The molecule has 2 unspecified atom stereocenters. The molecule has 3 rings (SSSR count). The van der Waals surface area contributed by atoms with Crippen LogP contribution in [0.25, 0.3) is 0 Å². The lowest BCUT2D eigenvalue weighted by molar-refractivity contribution is -0.145. The molecular formula is C18H18Cl2N2O2. The molecule has 2 heterocycles. The van der Waals surface area contributed by atoms with Crippen LogP contribution in [-0.4, -0.2) is 33.5 Å². The summed E-state index contributed by atoms with van der Waals surface area (Å²) in [6.07, 6.45) is 4.25. The first kappa shape index (κ1) is 17.2. The maximum atomic E-state index is 11.7. The van der Waals surface area contributed by atoms with Crippen LogP contribution < -0.4 is 0 Å². The van der Waals surface area contributed by atoms with Gasteiger partial charge in [-0.25, -0.2) is 0 Å². The van der Waals surface area contributed by atoms with E-state index in [1.54, 1.807) is 18.3 Å². The topological polar surface area (TPSA) is 53.4 Å². The predicted octanol–water partition coefficient (Wildman–Crippen LogP) is 4.42. The number of hydrogen-bond acceptors (Lipinski definition) is 3. The Morgan fingerprint density at radius 1 is 1.21 bits per heavy atom. The number of likely N-dealkylation sites (tertiary alicyclic amines) is 1. The quantitative estimate of drug-likeness (QED) is 0.872. The van der Waals surface area contributed by atoms with E-state index in [4.69, 9.17) is 23.2 Å². The third-order valence-corrected chi connectivity index (χ3v) is 5.13. The number of piperidine rings is 1. The fourth-order valence-corrected chi connectivity index (χ4v) is 3.59. The van der Waals surface area contributed by atoms with Crippen molar-refractivity contribution < 1.29 is 9.90 Å². The van der Waals surface area contributed by atoms with E-state index in [1.165, 1.54) is 0 Å². The largest absolute Gasteiger partial charge is 0.480 e. The van der Waals surface area contributed by atoms with Gasteiger partial charge in [0, 0.05) is 6.20 Å². The molecule has 1 saturated heterocycles. The Morgan fingerprint density at radius 2 is 2.04 bits per heavy atom. The number of carboxylic acid groups (broad SMARTS) is 1. The summed E-state index contributed by atoms with van der Waals surface area (Å²) in [5.74, 6) is -0.796. The highest BCUT2D eigenvalue weighted by atomic mass is 35.5. The second-order valence-corrected chi connectivity index (χ2v) is 6.73. The summed E-state index contributed by atoms with van der Waals surface area (Å²) in [5, 5.41) is 10.6. The Balaban J connectivity index is 2.07. The molecule has 0 amide bonds. The number of pyridine rings is 1. The minimum atomic E-state index is -0.796. The van der Waals surface area contributed by atoms with E-state index in [0.717, 1.165) is 24.1 Å². The molecule has 0 spiro atoms. The van der Waals surface area contributed by atoms with Crippen LogP contribution in [0.2, 0.25) is 10.0 Å². The van der Waals surface area contributed by atoms with Gasteiger partial charge in [-0.3, -0.25) is 14.7 Å². The van der Waals surface area contributed by atoms with Gasteiger partial charge in [-0.2, -0.15) is 0 Å². The summed E-state index contributed by atoms with van der Waals surface area (Å²) in [7, 11) is 0. The fraction of sp³-hybridized carbons (Fsp3) is 0.333. The van der Waals surface area contributed by atoms with Gasteiger partial charge in [0.1, 0.15) is 6.04 Å². The molecule has 6 heteroatoms. The maximum absolute atomic E-state index is 11.7. The SMILES string of the molecule is O=C(O)C1CCCCN1C(c1ccc(Cl)c(Cl)c1)c1ccccn1. The summed E-state index contributed by atoms with van der Waals surface area (Å²) in [6.45, 7) is 0.707. The number of hydrogen-bond donors (Lipinski definition) is 1. The second-order valence-electron chi connectivity index (χ2n) is 5.92. The highest BCUT2D eigenvalue weighted by molar-refractivity contribution is 6.42. The van der Waals surface area contributed by atoms with Crippen LogP contribution in [0.4, 0.5) is 0 Å². The molecule has 1 fully saturated rings. The lowest BCUT2D eigenvalue weighted by Crippen LogP contribution is -2.47. The van der Waals surface area contributed by atoms with E-state index in [-0.39, 0.29) is 6.04 Å². The second kappa shape index (κ2) is 7.51. The maximum Gasteiger partial charge on any atom is 0.320 e. The Labute approximate surface area is 151 Å². The molecule has 1 aromatic carbocycles. The van der Waals surface area contributed by atoms with Crippen LogP contribution in [0.1, 0.15) is 36.6 Å². The number of nitrogens with zero attached hydrogens (tertiary/aromatic N) is 2. The number of carbonyl (C=O) groups is 1. The molecular weight excluding hydrogens is 347 g/mol. The van der Waals surface area contributed by atoms with Gasteiger partial charge in [0.05, 0.1) is 21.8 Å². The number of rotatable bonds is 4.